The molecule has 30 heteroatoms. The van der Waals surface area contributed by atoms with Crippen LogP contribution in [0.3, 0.4) is 0 Å². The number of aromatic hydroxyl groups is 1. The highest BCUT2D eigenvalue weighted by Crippen LogP contribution is 2.29. The maximum Gasteiger partial charge on any atom is 0.417 e. The summed E-state index contributed by atoms with van der Waals surface area (Å²) in [6, 6.07) is 4.43. The number of phenolic OH excluding ortho intramolecular Hbond substituents is 1. The van der Waals surface area contributed by atoms with Crippen molar-refractivity contribution in [2.24, 2.45) is 0 Å². The molecular formula is C50H65N13O17. The molecule has 80 heavy (non-hydrogen) atoms. The number of benzene rings is 3. The van der Waals surface area contributed by atoms with E-state index in [1.54, 1.807) is 43.3 Å². The van der Waals surface area contributed by atoms with Crippen molar-refractivity contribution in [3.8, 4) is 11.5 Å². The van der Waals surface area contributed by atoms with Gasteiger partial charge in [0.05, 0.1) is 37.5 Å². The number of guanidine groups is 2. The fraction of sp³-hybridized carbons (Fsp3) is 0.460. The van der Waals surface area contributed by atoms with Gasteiger partial charge in [0.25, 0.3) is 0 Å². The molecule has 0 aliphatic carbocycles. The van der Waals surface area contributed by atoms with Gasteiger partial charge < -0.3 is 103 Å². The average molecular weight is 1120 g/mol. The summed E-state index contributed by atoms with van der Waals surface area (Å²) in [6.45, 7) is -0.0329. The maximum absolute atomic E-state index is 15.0. The summed E-state index contributed by atoms with van der Waals surface area (Å²) in [5, 5.41) is 129. The second-order valence-corrected chi connectivity index (χ2v) is 19.5. The number of rotatable bonds is 13. The van der Waals surface area contributed by atoms with Crippen LogP contribution in [0.25, 0.3) is 0 Å². The van der Waals surface area contributed by atoms with Gasteiger partial charge in [0.15, 0.2) is 18.1 Å². The Morgan fingerprint density at radius 3 is 2.04 bits per heavy atom. The molecule has 0 aromatic heterocycles. The van der Waals surface area contributed by atoms with Crippen molar-refractivity contribution in [3.63, 3.8) is 0 Å². The second-order valence-electron chi connectivity index (χ2n) is 19.5. The van der Waals surface area contributed by atoms with E-state index in [4.69, 9.17) is 20.3 Å². The summed E-state index contributed by atoms with van der Waals surface area (Å²) in [6.07, 6.45) is -15.3. The third-order valence-corrected chi connectivity index (χ3v) is 13.9. The molecule has 432 valence electrons. The predicted molar refractivity (Wildman–Crippen MR) is 277 cm³/mol. The Bertz CT molecular complexity index is 2810. The molecule has 7 amide bonds. The Morgan fingerprint density at radius 2 is 1.36 bits per heavy atom. The Balaban J connectivity index is 1.28. The minimum absolute atomic E-state index is 0.146. The molecule has 30 nitrogen and oxygen atoms in total. The summed E-state index contributed by atoms with van der Waals surface area (Å²) >= 11 is 0. The van der Waals surface area contributed by atoms with E-state index in [1.165, 1.54) is 30.3 Å². The van der Waals surface area contributed by atoms with Gasteiger partial charge in [0.1, 0.15) is 78.3 Å². The normalized spacial score (nSPS) is 28.9. The third-order valence-electron chi connectivity index (χ3n) is 13.9. The first kappa shape index (κ1) is 59.4. The summed E-state index contributed by atoms with van der Waals surface area (Å²) in [7, 11) is 0. The predicted octanol–water partition coefficient (Wildman–Crippen LogP) is -6.82. The van der Waals surface area contributed by atoms with Gasteiger partial charge in [0, 0.05) is 25.9 Å². The van der Waals surface area contributed by atoms with E-state index in [2.05, 4.69) is 53.2 Å². The van der Waals surface area contributed by atoms with Gasteiger partial charge >= 0.3 is 6.09 Å². The van der Waals surface area contributed by atoms with Gasteiger partial charge in [-0.2, -0.15) is 0 Å². The fourth-order valence-electron chi connectivity index (χ4n) is 9.38. The quantitative estimate of drug-likeness (QED) is 0.0707. The smallest absolute Gasteiger partial charge is 0.417 e. The zero-order valence-corrected chi connectivity index (χ0v) is 43.1. The van der Waals surface area contributed by atoms with Gasteiger partial charge in [-0.1, -0.05) is 48.0 Å². The van der Waals surface area contributed by atoms with Crippen LogP contribution in [0, 0.1) is 24.7 Å². The molecule has 4 fully saturated rings. The Labute approximate surface area is 456 Å². The number of nitrogens with one attached hydrogen (secondary N) is 12. The van der Waals surface area contributed by atoms with Crippen LogP contribution in [-0.4, -0.2) is 217 Å². The molecule has 7 rings (SSSR count). The van der Waals surface area contributed by atoms with Crippen molar-refractivity contribution in [1.29, 1.82) is 10.8 Å². The van der Waals surface area contributed by atoms with Crippen molar-refractivity contribution in [1.82, 2.24) is 52.8 Å². The summed E-state index contributed by atoms with van der Waals surface area (Å²) in [5.41, 5.74) is 2.08. The molecule has 4 aliphatic rings. The Kier molecular flexibility index (Phi) is 19.4. The first-order chi connectivity index (χ1) is 38.1. The molecule has 3 aromatic carbocycles. The van der Waals surface area contributed by atoms with Gasteiger partial charge in [-0.05, 0) is 54.8 Å². The maximum atomic E-state index is 15.0. The second kappa shape index (κ2) is 26.2. The van der Waals surface area contributed by atoms with Gasteiger partial charge in [-0.15, -0.1) is 0 Å². The minimum atomic E-state index is -2.32. The lowest BCUT2D eigenvalue weighted by Crippen LogP contribution is -2.69. The van der Waals surface area contributed by atoms with Crippen LogP contribution >= 0.6 is 0 Å². The lowest BCUT2D eigenvalue weighted by atomic mass is 9.95. The molecule has 14 unspecified atom stereocenters. The topological polar surface area (TPSA) is 471 Å². The van der Waals surface area contributed by atoms with E-state index in [9.17, 15) is 74.4 Å². The summed E-state index contributed by atoms with van der Waals surface area (Å²) < 4.78 is 11.0. The number of aliphatic hydroxyl groups excluding tert-OH is 7. The van der Waals surface area contributed by atoms with E-state index in [0.717, 1.165) is 10.5 Å². The van der Waals surface area contributed by atoms with E-state index < -0.39 is 171 Å². The van der Waals surface area contributed by atoms with Crippen molar-refractivity contribution >= 4 is 59.1 Å². The lowest BCUT2D eigenvalue weighted by Gasteiger charge is -2.46. The highest BCUT2D eigenvalue weighted by Gasteiger charge is 2.53. The molecule has 4 aliphatic heterocycles. The third kappa shape index (κ3) is 14.1. The van der Waals surface area contributed by atoms with Crippen LogP contribution in [0.2, 0.25) is 0 Å². The molecule has 0 saturated carbocycles. The Hall–Kier alpha value is -8.23. The highest BCUT2D eigenvalue weighted by atomic mass is 16.6. The number of anilines is 1. The standard InChI is InChI=1S/C50H65N13O17/c1-21-7-10-25(11-8-21)79-50(78)60-26-13-23(9-12-32(26)66)14-27-44(75)61-35(37(68)29-16-54-48(51)59-29)46(77)62-36(38(69)31-17-55-49(52)63(31)47-41(72)40(71)39(70)33(20-65)80-47)45(76)58-30(19-64)42(73)53-18-34(67)56-28(43(74)57-27)15-24-6-4-3-5-22(24)2/h3-13,27-31,33,35-41,47,64-66,68-72H,14-20H2,1-2H3,(H2,52,55)(H,53,73)(H,56,67)(H,57,74)(H,58,76)(H,60,78)(H,61,75)(H,62,77)(H3,51,54,59). The van der Waals surface area contributed by atoms with Crippen molar-refractivity contribution in [2.45, 2.75) is 112 Å². The van der Waals surface area contributed by atoms with Crippen molar-refractivity contribution in [2.75, 3.05) is 38.2 Å². The van der Waals surface area contributed by atoms with Crippen LogP contribution in [-0.2, 0) is 46.3 Å². The van der Waals surface area contributed by atoms with Crippen LogP contribution in [0.15, 0.2) is 66.7 Å². The molecule has 0 spiro atoms. The number of nitrogens with zero attached hydrogens (tertiary/aromatic N) is 1. The number of amides is 7. The number of hydrogen-bond acceptors (Lipinski definition) is 19. The van der Waals surface area contributed by atoms with Crippen LogP contribution in [0.4, 0.5) is 10.5 Å². The van der Waals surface area contributed by atoms with Gasteiger partial charge in [0.2, 0.25) is 35.4 Å². The number of aryl methyl sites for hydroxylation is 2. The molecule has 0 bridgehead atoms. The first-order valence-electron chi connectivity index (χ1n) is 25.2. The van der Waals surface area contributed by atoms with Gasteiger partial charge in [-0.25, -0.2) is 4.79 Å². The average Bonchev–Trinajstić information content (AvgIpc) is 4.07. The molecule has 0 radical (unpaired) electrons. The number of carbonyl (C=O) groups excluding carboxylic acids is 7. The lowest BCUT2D eigenvalue weighted by molar-refractivity contribution is -0.260. The fourth-order valence-corrected chi connectivity index (χ4v) is 9.38. The zero-order chi connectivity index (χ0) is 58.1. The first-order valence-corrected chi connectivity index (χ1v) is 25.2. The molecule has 14 atom stereocenters. The molecule has 4 heterocycles. The number of ether oxygens (including phenoxy) is 2. The van der Waals surface area contributed by atoms with E-state index in [-0.39, 0.29) is 35.9 Å². The largest absolute Gasteiger partial charge is 0.506 e. The highest BCUT2D eigenvalue weighted by molar-refractivity contribution is 5.98. The number of phenols is 1. The summed E-state index contributed by atoms with van der Waals surface area (Å²) in [5.74, 6) is -8.40. The molecular weight excluding hydrogens is 1050 g/mol. The zero-order valence-electron chi connectivity index (χ0n) is 43.1. The number of aliphatic hydroxyl groups is 7. The van der Waals surface area contributed by atoms with E-state index in [1.807, 2.05) is 6.92 Å². The molecule has 3 aromatic rings. The van der Waals surface area contributed by atoms with Crippen LogP contribution < -0.4 is 57.9 Å². The van der Waals surface area contributed by atoms with Gasteiger partial charge in [-0.3, -0.25) is 44.9 Å². The number of hydrogen-bond donors (Lipinski definition) is 20. The Morgan fingerprint density at radius 1 is 0.713 bits per heavy atom. The van der Waals surface area contributed by atoms with Crippen molar-refractivity contribution < 1.29 is 83.9 Å². The van der Waals surface area contributed by atoms with Crippen molar-refractivity contribution in [3.05, 3.63) is 89.0 Å². The van der Waals surface area contributed by atoms with Crippen LogP contribution in [0.5, 0.6) is 11.5 Å². The van der Waals surface area contributed by atoms with E-state index in [0.29, 0.717) is 11.1 Å². The molecule has 4 saturated heterocycles. The summed E-state index contributed by atoms with van der Waals surface area (Å²) in [4.78, 5) is 100. The monoisotopic (exact) mass is 1120 g/mol. The number of carbonyl (C=O) groups is 7. The molecule has 20 N–H and O–H groups in total. The SMILES string of the molecule is Cc1ccc(OC(=O)Nc2cc(CC3NC(=O)C(Cc4ccccc4C)NC(=O)CNC(=O)C(CO)NC(=O)C(C(O)C4CNC(=N)N4C4OC(CO)C(O)C(O)C4O)NC(=O)C(C(O)C4CNC(=N)N4)NC3=O)ccc2O)cc1. The minimum Gasteiger partial charge on any atom is -0.506 e. The van der Waals surface area contributed by atoms with Crippen LogP contribution in [0.1, 0.15) is 22.3 Å². The van der Waals surface area contributed by atoms with E-state index >= 15 is 0 Å².